The van der Waals surface area contributed by atoms with Gasteiger partial charge < -0.3 is 20.4 Å². The van der Waals surface area contributed by atoms with E-state index in [0.717, 1.165) is 12.1 Å². The number of carboxylic acid groups (broad SMARTS) is 1. The number of halogens is 10. The molecule has 2 aliphatic rings. The largest absolute Gasteiger partial charge is 0.490 e. The molecular formula is C28H28F10N2O4. The van der Waals surface area contributed by atoms with E-state index in [9.17, 15) is 53.8 Å². The van der Waals surface area contributed by atoms with Crippen molar-refractivity contribution in [2.45, 2.75) is 55.2 Å². The average Bonchev–Trinajstić information content (AvgIpc) is 3.30. The second kappa shape index (κ2) is 12.5. The van der Waals surface area contributed by atoms with Crippen molar-refractivity contribution in [3.8, 4) is 0 Å². The first-order valence-electron chi connectivity index (χ1n) is 13.1. The number of likely N-dealkylation sites (tertiary alicyclic amines) is 1. The molecule has 16 heteroatoms. The molecule has 44 heavy (non-hydrogen) atoms. The summed E-state index contributed by atoms with van der Waals surface area (Å²) in [5.41, 5.74) is -6.07. The summed E-state index contributed by atoms with van der Waals surface area (Å²) in [4.78, 5) is 23.9. The van der Waals surface area contributed by atoms with Crippen molar-refractivity contribution in [2.24, 2.45) is 5.92 Å². The van der Waals surface area contributed by atoms with E-state index in [4.69, 9.17) is 9.90 Å². The van der Waals surface area contributed by atoms with Gasteiger partial charge in [0.05, 0.1) is 0 Å². The normalized spacial score (nSPS) is 21.9. The number of benzene rings is 2. The van der Waals surface area contributed by atoms with E-state index in [2.05, 4.69) is 5.32 Å². The summed E-state index contributed by atoms with van der Waals surface area (Å²) in [6.07, 6.45) is -15.7. The molecule has 3 N–H and O–H groups in total. The molecule has 0 bridgehead atoms. The molecule has 0 aromatic heterocycles. The average molecular weight is 647 g/mol. The zero-order valence-corrected chi connectivity index (χ0v) is 23.0. The molecule has 0 spiro atoms. The third kappa shape index (κ3) is 7.11. The Kier molecular flexibility index (Phi) is 10.00. The van der Waals surface area contributed by atoms with Crippen LogP contribution < -0.4 is 5.32 Å². The number of nitrogens with one attached hydrogen (secondary N) is 1. The third-order valence-corrected chi connectivity index (χ3v) is 7.99. The molecule has 0 unspecified atom stereocenters. The van der Waals surface area contributed by atoms with E-state index in [1.54, 1.807) is 17.0 Å². The van der Waals surface area contributed by atoms with Crippen LogP contribution in [0.15, 0.2) is 48.5 Å². The van der Waals surface area contributed by atoms with Crippen LogP contribution in [0.3, 0.4) is 0 Å². The monoisotopic (exact) mass is 646 g/mol. The molecule has 0 aliphatic carbocycles. The minimum absolute atomic E-state index is 0.0579. The van der Waals surface area contributed by atoms with Crippen LogP contribution in [0.4, 0.5) is 43.9 Å². The number of hydrogen-bond acceptors (Lipinski definition) is 4. The van der Waals surface area contributed by atoms with Crippen molar-refractivity contribution in [3.63, 3.8) is 0 Å². The van der Waals surface area contributed by atoms with Crippen molar-refractivity contribution in [2.75, 3.05) is 26.2 Å². The van der Waals surface area contributed by atoms with E-state index < -0.39 is 52.8 Å². The summed E-state index contributed by atoms with van der Waals surface area (Å²) >= 11 is 0. The number of amides is 1. The van der Waals surface area contributed by atoms with Gasteiger partial charge >= 0.3 is 24.5 Å². The van der Waals surface area contributed by atoms with Crippen molar-refractivity contribution in [1.82, 2.24) is 10.2 Å². The molecule has 2 saturated heterocycles. The quantitative estimate of drug-likeness (QED) is 0.374. The predicted octanol–water partition coefficient (Wildman–Crippen LogP) is 5.65. The van der Waals surface area contributed by atoms with Gasteiger partial charge in [-0.1, -0.05) is 43.3 Å². The molecule has 2 heterocycles. The molecule has 1 amide bonds. The van der Waals surface area contributed by atoms with Gasteiger partial charge in [-0.15, -0.1) is 0 Å². The highest BCUT2D eigenvalue weighted by Crippen LogP contribution is 2.51. The highest BCUT2D eigenvalue weighted by atomic mass is 19.4. The number of aliphatic carboxylic acids is 1. The Balaban J connectivity index is 0.000000676. The Hall–Kier alpha value is -3.40. The van der Waals surface area contributed by atoms with E-state index in [-0.39, 0.29) is 24.9 Å². The molecule has 2 fully saturated rings. The maximum Gasteiger partial charge on any atom is 0.490 e. The van der Waals surface area contributed by atoms with Gasteiger partial charge in [0, 0.05) is 35.9 Å². The van der Waals surface area contributed by atoms with E-state index in [1.165, 1.54) is 12.1 Å². The maximum absolute atomic E-state index is 13.6. The number of carbonyl (C=O) groups is 2. The van der Waals surface area contributed by atoms with Gasteiger partial charge in [-0.3, -0.25) is 4.79 Å². The minimum atomic E-state index is -5.99. The summed E-state index contributed by atoms with van der Waals surface area (Å²) in [5, 5.41) is 20.1. The molecule has 2 aliphatic heterocycles. The van der Waals surface area contributed by atoms with Gasteiger partial charge in [-0.05, 0) is 49.2 Å². The van der Waals surface area contributed by atoms with Gasteiger partial charge in [0.2, 0.25) is 5.91 Å². The summed E-state index contributed by atoms with van der Waals surface area (Å²) in [5.74, 6) is -3.96. The number of carboxylic acids is 1. The van der Waals surface area contributed by atoms with Crippen molar-refractivity contribution < 1.29 is 63.7 Å². The van der Waals surface area contributed by atoms with Crippen molar-refractivity contribution >= 4 is 11.9 Å². The van der Waals surface area contributed by atoms with Crippen LogP contribution in [0.2, 0.25) is 0 Å². The topological polar surface area (TPSA) is 89.9 Å². The van der Waals surface area contributed by atoms with Crippen molar-refractivity contribution in [3.05, 3.63) is 71.0 Å². The minimum Gasteiger partial charge on any atom is -0.475 e. The highest BCUT2D eigenvalue weighted by Gasteiger charge is 2.71. The van der Waals surface area contributed by atoms with Crippen LogP contribution in [0, 0.1) is 11.7 Å². The second-order valence-electron chi connectivity index (χ2n) is 10.9. The SMILES string of the molecule is C[C@]1(c2ccc(F)cc2)CN(C(=O)C2CCNCC2)C[C@H]1c1ccc(C(O)(C(F)(F)F)C(F)(F)F)cc1.O=C(O)C(F)(F)F. The Morgan fingerprint density at radius 3 is 1.77 bits per heavy atom. The maximum atomic E-state index is 13.6. The third-order valence-electron chi connectivity index (χ3n) is 7.99. The smallest absolute Gasteiger partial charge is 0.475 e. The number of hydrogen-bond donors (Lipinski definition) is 3. The lowest BCUT2D eigenvalue weighted by atomic mass is 9.71. The summed E-state index contributed by atoms with van der Waals surface area (Å²) in [6, 6.07) is 9.18. The van der Waals surface area contributed by atoms with Gasteiger partial charge in [-0.2, -0.15) is 39.5 Å². The zero-order valence-electron chi connectivity index (χ0n) is 23.0. The number of piperidine rings is 1. The second-order valence-corrected chi connectivity index (χ2v) is 10.9. The lowest BCUT2D eigenvalue weighted by molar-refractivity contribution is -0.376. The highest BCUT2D eigenvalue weighted by molar-refractivity contribution is 5.80. The Morgan fingerprint density at radius 2 is 1.34 bits per heavy atom. The first kappa shape index (κ1) is 35.1. The van der Waals surface area contributed by atoms with Crippen LogP contribution in [0.5, 0.6) is 0 Å². The zero-order chi connectivity index (χ0) is 33.3. The van der Waals surface area contributed by atoms with Gasteiger partial charge in [0.1, 0.15) is 5.82 Å². The summed E-state index contributed by atoms with van der Waals surface area (Å²) in [6.45, 7) is 3.69. The Bertz CT molecular complexity index is 1290. The van der Waals surface area contributed by atoms with Gasteiger partial charge in [0.15, 0.2) is 0 Å². The van der Waals surface area contributed by atoms with E-state index in [1.807, 2.05) is 6.92 Å². The molecule has 4 rings (SSSR count). The molecule has 2 aromatic rings. The lowest BCUT2D eigenvalue weighted by Gasteiger charge is -2.34. The molecular weight excluding hydrogens is 618 g/mol. The summed E-state index contributed by atoms with van der Waals surface area (Å²) in [7, 11) is 0. The van der Waals surface area contributed by atoms with E-state index >= 15 is 0 Å². The standard InChI is InChI=1S/C26H27F7N2O2.C2HF3O2/c1-23(18-6-8-20(27)9-7-18)15-35(22(36)17-10-12-34-13-11-17)14-21(23)16-2-4-19(5-3-16)24(37,25(28,29)30)26(31,32)33;3-2(4,5)1(6)7/h2-9,17,21,34,37H,10-15H2,1H3;(H,6,7)/t21-,23+;/m0./s1. The first-order valence-corrected chi connectivity index (χ1v) is 13.1. The fourth-order valence-corrected chi connectivity index (χ4v) is 5.53. The number of aliphatic hydroxyl groups is 1. The Morgan fingerprint density at radius 1 is 0.864 bits per heavy atom. The number of alkyl halides is 9. The fourth-order valence-electron chi connectivity index (χ4n) is 5.53. The van der Waals surface area contributed by atoms with Crippen LogP contribution >= 0.6 is 0 Å². The van der Waals surface area contributed by atoms with Gasteiger partial charge in [0.25, 0.3) is 5.60 Å². The number of nitrogens with zero attached hydrogens (tertiary/aromatic N) is 1. The number of carbonyl (C=O) groups excluding carboxylic acids is 1. The molecule has 0 saturated carbocycles. The Labute approximate surface area is 244 Å². The lowest BCUT2D eigenvalue weighted by Crippen LogP contribution is -2.53. The van der Waals surface area contributed by atoms with Crippen LogP contribution in [0.25, 0.3) is 0 Å². The van der Waals surface area contributed by atoms with Crippen LogP contribution in [-0.4, -0.2) is 71.7 Å². The van der Waals surface area contributed by atoms with E-state index in [0.29, 0.717) is 49.2 Å². The van der Waals surface area contributed by atoms with Gasteiger partial charge in [-0.25, -0.2) is 9.18 Å². The molecule has 2 atom stereocenters. The van der Waals surface area contributed by atoms with Crippen LogP contribution in [-0.2, 0) is 20.6 Å². The van der Waals surface area contributed by atoms with Crippen LogP contribution in [0.1, 0.15) is 42.4 Å². The predicted molar refractivity (Wildman–Crippen MR) is 135 cm³/mol. The number of rotatable bonds is 4. The fraction of sp³-hybridized carbons (Fsp3) is 0.500. The first-order chi connectivity index (χ1) is 20.1. The summed E-state index contributed by atoms with van der Waals surface area (Å²) < 4.78 is 125. The van der Waals surface area contributed by atoms with Crippen molar-refractivity contribution in [1.29, 1.82) is 0 Å². The molecule has 2 aromatic carbocycles. The molecule has 6 nitrogen and oxygen atoms in total. The molecule has 244 valence electrons. The molecule has 0 radical (unpaired) electrons.